The smallest absolute Gasteiger partial charge is 0.261 e. The lowest BCUT2D eigenvalue weighted by molar-refractivity contribution is -0.107. The minimum atomic E-state index is -0.362. The molecule has 1 aliphatic rings. The summed E-state index contributed by atoms with van der Waals surface area (Å²) in [5, 5.41) is 2.92. The zero-order valence-electron chi connectivity index (χ0n) is 22.7. The fourth-order valence-corrected chi connectivity index (χ4v) is 4.67. The maximum atomic E-state index is 12.8. The van der Waals surface area contributed by atoms with Crippen molar-refractivity contribution >= 4 is 58.4 Å². The van der Waals surface area contributed by atoms with Crippen LogP contribution in [-0.2, 0) is 11.3 Å². The zero-order chi connectivity index (χ0) is 30.0. The highest BCUT2D eigenvalue weighted by atomic mass is 16.2. The van der Waals surface area contributed by atoms with Gasteiger partial charge in [0.25, 0.3) is 17.7 Å². The molecule has 42 heavy (non-hydrogen) atoms. The number of nitrogen functional groups attached to an aromatic ring is 3. The number of imide groups is 1. The molecule has 2 aromatic carbocycles. The number of aromatic nitrogens is 4. The van der Waals surface area contributed by atoms with Crippen LogP contribution in [0.5, 0.6) is 0 Å². The molecular weight excluding hydrogens is 540 g/mol. The van der Waals surface area contributed by atoms with Crippen molar-refractivity contribution < 1.29 is 19.2 Å². The van der Waals surface area contributed by atoms with Gasteiger partial charge in [-0.25, -0.2) is 9.97 Å². The largest absolute Gasteiger partial charge is 0.399 e. The number of carbonyl (C=O) groups excluding carboxylic acids is 4. The summed E-state index contributed by atoms with van der Waals surface area (Å²) >= 11 is 0. The van der Waals surface area contributed by atoms with Gasteiger partial charge in [0.1, 0.15) is 0 Å². The fourth-order valence-electron chi connectivity index (χ4n) is 4.67. The van der Waals surface area contributed by atoms with Crippen LogP contribution in [0.2, 0.25) is 0 Å². The molecule has 0 spiro atoms. The van der Waals surface area contributed by atoms with Gasteiger partial charge in [-0.05, 0) is 62.2 Å². The Balaban J connectivity index is 1.14. The van der Waals surface area contributed by atoms with Crippen LogP contribution in [0.15, 0.2) is 48.7 Å². The Morgan fingerprint density at radius 2 is 1.76 bits per heavy atom. The maximum Gasteiger partial charge on any atom is 0.261 e. The lowest BCUT2D eigenvalue weighted by atomic mass is 10.1. The summed E-state index contributed by atoms with van der Waals surface area (Å²) in [6.07, 6.45) is 3.18. The summed E-state index contributed by atoms with van der Waals surface area (Å²) in [6, 6.07) is 11.0. The summed E-state index contributed by atoms with van der Waals surface area (Å²) in [6.45, 7) is 2.18. The van der Waals surface area contributed by atoms with Gasteiger partial charge in [-0.2, -0.15) is 9.97 Å². The molecule has 214 valence electrons. The molecule has 14 heteroatoms. The van der Waals surface area contributed by atoms with E-state index in [1.165, 1.54) is 22.1 Å². The predicted octanol–water partition coefficient (Wildman–Crippen LogP) is 1.52. The summed E-state index contributed by atoms with van der Waals surface area (Å²) in [5.74, 6) is -0.921. The van der Waals surface area contributed by atoms with Gasteiger partial charge in [-0.3, -0.25) is 24.1 Å². The third-order valence-electron chi connectivity index (χ3n) is 6.81. The first-order valence-electron chi connectivity index (χ1n) is 13.1. The summed E-state index contributed by atoms with van der Waals surface area (Å²) in [7, 11) is 0. The highest BCUT2D eigenvalue weighted by Crippen LogP contribution is 2.25. The van der Waals surface area contributed by atoms with Gasteiger partial charge in [-0.15, -0.1) is 0 Å². The van der Waals surface area contributed by atoms with Gasteiger partial charge in [-0.1, -0.05) is 0 Å². The number of nitrogens with one attached hydrogen (secondary N) is 1. The molecule has 0 radical (unpaired) electrons. The molecule has 4 aromatic rings. The van der Waals surface area contributed by atoms with E-state index in [0.717, 1.165) is 0 Å². The van der Waals surface area contributed by atoms with Crippen LogP contribution in [-0.4, -0.2) is 61.6 Å². The van der Waals surface area contributed by atoms with Crippen molar-refractivity contribution in [1.29, 1.82) is 0 Å². The number of anilines is 4. The first-order chi connectivity index (χ1) is 20.1. The monoisotopic (exact) mass is 568 g/mol. The molecule has 0 saturated carbocycles. The number of hydrogen-bond acceptors (Lipinski definition) is 11. The van der Waals surface area contributed by atoms with Gasteiger partial charge in [0, 0.05) is 29.5 Å². The molecule has 2 aromatic heterocycles. The van der Waals surface area contributed by atoms with E-state index in [2.05, 4.69) is 25.3 Å². The van der Waals surface area contributed by atoms with E-state index >= 15 is 0 Å². The molecule has 0 aliphatic carbocycles. The minimum Gasteiger partial charge on any atom is -0.399 e. The van der Waals surface area contributed by atoms with E-state index in [9.17, 15) is 19.2 Å². The van der Waals surface area contributed by atoms with E-state index < -0.39 is 0 Å². The SMILES string of the molecule is C[C@H](CCCN1C(=O)c2ccc(N)cc2C1=O)NC(=O)c1ccc(N(C=O)Cc2cnc3nc(N)nc(N)c3n2)cc1. The molecule has 5 rings (SSSR count). The molecular formula is C28H28N10O4. The highest BCUT2D eigenvalue weighted by Gasteiger charge is 2.35. The lowest BCUT2D eigenvalue weighted by Gasteiger charge is -2.19. The second-order valence-electron chi connectivity index (χ2n) is 9.86. The molecule has 0 saturated heterocycles. The normalized spacial score (nSPS) is 13.2. The minimum absolute atomic E-state index is 0.0113. The van der Waals surface area contributed by atoms with Crippen LogP contribution >= 0.6 is 0 Å². The Kier molecular flexibility index (Phi) is 7.60. The number of benzene rings is 2. The van der Waals surface area contributed by atoms with E-state index in [1.54, 1.807) is 36.4 Å². The number of hydrogen-bond donors (Lipinski definition) is 4. The topological polar surface area (TPSA) is 216 Å². The summed E-state index contributed by atoms with van der Waals surface area (Å²) < 4.78 is 0. The average Bonchev–Trinajstić information content (AvgIpc) is 3.20. The number of amides is 4. The third-order valence-corrected chi connectivity index (χ3v) is 6.81. The van der Waals surface area contributed by atoms with Crippen molar-refractivity contribution in [2.45, 2.75) is 32.4 Å². The van der Waals surface area contributed by atoms with Crippen LogP contribution in [0, 0.1) is 0 Å². The second kappa shape index (κ2) is 11.4. The van der Waals surface area contributed by atoms with Gasteiger partial charge in [0.2, 0.25) is 12.4 Å². The maximum absolute atomic E-state index is 12.8. The number of nitrogens with zero attached hydrogens (tertiary/aromatic N) is 6. The molecule has 4 amide bonds. The van der Waals surface area contributed by atoms with E-state index in [0.29, 0.717) is 53.0 Å². The standard InChI is InChI=1S/C28H28N10O4/c1-15(3-2-10-38-26(41)20-9-6-17(29)11-21(20)27(38)42)33-25(40)16-4-7-19(8-5-16)37(14-39)13-18-12-32-24-22(34-18)23(30)35-28(31)36-24/h4-9,11-12,14-15H,2-3,10,13,29H2,1H3,(H,33,40)(H4,30,31,32,35,36)/t15-/m1/s1. The van der Waals surface area contributed by atoms with Gasteiger partial charge >= 0.3 is 0 Å². The number of fused-ring (bicyclic) bond motifs is 2. The van der Waals surface area contributed by atoms with Crippen LogP contribution in [0.4, 0.5) is 23.1 Å². The highest BCUT2D eigenvalue weighted by molar-refractivity contribution is 6.21. The average molecular weight is 569 g/mol. The van der Waals surface area contributed by atoms with Crippen LogP contribution in [0.1, 0.15) is 56.5 Å². The zero-order valence-corrected chi connectivity index (χ0v) is 22.7. The lowest BCUT2D eigenvalue weighted by Crippen LogP contribution is -2.35. The fraction of sp³-hybridized carbons (Fsp3) is 0.214. The molecule has 0 unspecified atom stereocenters. The van der Waals surface area contributed by atoms with Crippen LogP contribution in [0.3, 0.4) is 0 Å². The van der Waals surface area contributed by atoms with Gasteiger partial charge in [0.05, 0.1) is 29.6 Å². The Bertz CT molecular complexity index is 1710. The molecule has 0 fully saturated rings. The Hall–Kier alpha value is -5.66. The first kappa shape index (κ1) is 27.9. The Morgan fingerprint density at radius 3 is 2.50 bits per heavy atom. The molecule has 1 aliphatic heterocycles. The van der Waals surface area contributed by atoms with Crippen molar-refractivity contribution in [1.82, 2.24) is 30.2 Å². The number of carbonyl (C=O) groups is 4. The third kappa shape index (κ3) is 5.63. The Labute approximate surface area is 239 Å². The van der Waals surface area contributed by atoms with Gasteiger partial charge < -0.3 is 27.4 Å². The van der Waals surface area contributed by atoms with Gasteiger partial charge in [0.15, 0.2) is 17.0 Å². The molecule has 3 heterocycles. The van der Waals surface area contributed by atoms with Crippen LogP contribution < -0.4 is 27.4 Å². The molecule has 1 atom stereocenters. The van der Waals surface area contributed by atoms with Crippen molar-refractivity contribution in [2.75, 3.05) is 28.6 Å². The van der Waals surface area contributed by atoms with Crippen molar-refractivity contribution in [3.8, 4) is 0 Å². The van der Waals surface area contributed by atoms with Crippen molar-refractivity contribution in [2.24, 2.45) is 0 Å². The predicted molar refractivity (Wildman–Crippen MR) is 155 cm³/mol. The summed E-state index contributed by atoms with van der Waals surface area (Å²) in [5.41, 5.74) is 20.2. The number of rotatable bonds is 10. The van der Waals surface area contributed by atoms with E-state index in [1.807, 2.05) is 6.92 Å². The quantitative estimate of drug-likeness (QED) is 0.122. The van der Waals surface area contributed by atoms with Crippen molar-refractivity contribution in [3.05, 3.63) is 71.0 Å². The number of nitrogens with two attached hydrogens (primary N) is 3. The van der Waals surface area contributed by atoms with E-state index in [-0.39, 0.29) is 59.8 Å². The summed E-state index contributed by atoms with van der Waals surface area (Å²) in [4.78, 5) is 68.9. The van der Waals surface area contributed by atoms with Crippen LogP contribution in [0.25, 0.3) is 11.2 Å². The van der Waals surface area contributed by atoms with E-state index in [4.69, 9.17) is 17.2 Å². The molecule has 14 nitrogen and oxygen atoms in total. The molecule has 0 bridgehead atoms. The Morgan fingerprint density at radius 1 is 1.02 bits per heavy atom. The van der Waals surface area contributed by atoms with Crippen molar-refractivity contribution in [3.63, 3.8) is 0 Å². The first-order valence-corrected chi connectivity index (χ1v) is 13.1. The molecule has 7 N–H and O–H groups in total. The second-order valence-corrected chi connectivity index (χ2v) is 9.86.